The third-order valence-corrected chi connectivity index (χ3v) is 7.05. The lowest BCUT2D eigenvalue weighted by atomic mass is 9.80. The Kier molecular flexibility index (Phi) is 8.04. The average molecular weight is 409 g/mol. The Morgan fingerprint density at radius 2 is 1.71 bits per heavy atom. The zero-order valence-electron chi connectivity index (χ0n) is 16.9. The van der Waals surface area contributed by atoms with Gasteiger partial charge < -0.3 is 10.6 Å². The summed E-state index contributed by atoms with van der Waals surface area (Å²) >= 11 is 0. The van der Waals surface area contributed by atoms with Crippen molar-refractivity contribution in [1.82, 2.24) is 10.6 Å². The minimum absolute atomic E-state index is 0.143. The number of benzene rings is 1. The van der Waals surface area contributed by atoms with Crippen LogP contribution in [0.2, 0.25) is 0 Å². The Hall–Kier alpha value is -1.89. The first-order chi connectivity index (χ1) is 13.3. The number of sulfone groups is 1. The molecule has 7 heteroatoms. The van der Waals surface area contributed by atoms with Gasteiger partial charge in [0.1, 0.15) is 5.54 Å². The van der Waals surface area contributed by atoms with Crippen LogP contribution in [0.25, 0.3) is 0 Å². The van der Waals surface area contributed by atoms with Crippen LogP contribution in [0, 0.1) is 6.92 Å². The van der Waals surface area contributed by atoms with Crippen LogP contribution in [0.4, 0.5) is 0 Å². The molecule has 0 radical (unpaired) electrons. The van der Waals surface area contributed by atoms with Crippen LogP contribution in [0.5, 0.6) is 0 Å². The first-order valence-corrected chi connectivity index (χ1v) is 11.8. The van der Waals surface area contributed by atoms with Gasteiger partial charge in [0.05, 0.1) is 10.6 Å². The molecule has 1 aromatic rings. The molecule has 0 spiro atoms. The molecule has 1 aliphatic carbocycles. The molecule has 28 heavy (non-hydrogen) atoms. The first kappa shape index (κ1) is 22.4. The van der Waals surface area contributed by atoms with Crippen LogP contribution >= 0.6 is 0 Å². The van der Waals surface area contributed by atoms with Gasteiger partial charge in [0.2, 0.25) is 11.8 Å². The molecule has 2 rings (SSSR count). The van der Waals surface area contributed by atoms with Crippen molar-refractivity contribution < 1.29 is 18.0 Å². The van der Waals surface area contributed by atoms with Crippen molar-refractivity contribution in [3.05, 3.63) is 29.8 Å². The molecular weight excluding hydrogens is 376 g/mol. The fourth-order valence-corrected chi connectivity index (χ4v) is 4.77. The summed E-state index contributed by atoms with van der Waals surface area (Å²) in [5, 5.41) is 5.81. The summed E-state index contributed by atoms with van der Waals surface area (Å²) in [7, 11) is -3.53. The van der Waals surface area contributed by atoms with Crippen LogP contribution < -0.4 is 10.6 Å². The molecule has 0 aliphatic heterocycles. The van der Waals surface area contributed by atoms with Gasteiger partial charge in [-0.05, 0) is 38.3 Å². The Labute approximate surface area is 168 Å². The predicted octanol–water partition coefficient (Wildman–Crippen LogP) is 2.89. The van der Waals surface area contributed by atoms with Crippen molar-refractivity contribution in [2.45, 2.75) is 75.6 Å². The van der Waals surface area contributed by atoms with E-state index in [0.717, 1.165) is 37.7 Å². The topological polar surface area (TPSA) is 92.3 Å². The van der Waals surface area contributed by atoms with E-state index in [2.05, 4.69) is 17.6 Å². The zero-order chi connectivity index (χ0) is 20.6. The lowest BCUT2D eigenvalue weighted by molar-refractivity contribution is -0.135. The van der Waals surface area contributed by atoms with Crippen molar-refractivity contribution in [3.8, 4) is 0 Å². The highest BCUT2D eigenvalue weighted by atomic mass is 32.2. The predicted molar refractivity (Wildman–Crippen MR) is 110 cm³/mol. The Bertz CT molecular complexity index is 766. The molecule has 6 nitrogen and oxygen atoms in total. The zero-order valence-corrected chi connectivity index (χ0v) is 17.7. The highest BCUT2D eigenvalue weighted by Gasteiger charge is 2.40. The Balaban J connectivity index is 1.99. The molecule has 1 fully saturated rings. The lowest BCUT2D eigenvalue weighted by Gasteiger charge is -2.36. The molecule has 0 heterocycles. The van der Waals surface area contributed by atoms with Gasteiger partial charge in [-0.2, -0.15) is 0 Å². The van der Waals surface area contributed by atoms with E-state index in [9.17, 15) is 18.0 Å². The van der Waals surface area contributed by atoms with Crippen LogP contribution in [0.3, 0.4) is 0 Å². The molecule has 2 amide bonds. The quantitative estimate of drug-likeness (QED) is 0.615. The molecule has 0 saturated heterocycles. The minimum Gasteiger partial charge on any atom is -0.354 e. The van der Waals surface area contributed by atoms with Gasteiger partial charge in [-0.25, -0.2) is 8.42 Å². The molecule has 1 aliphatic rings. The molecule has 2 N–H and O–H groups in total. The third kappa shape index (κ3) is 6.06. The second kappa shape index (κ2) is 10.0. The number of hydrogen-bond acceptors (Lipinski definition) is 4. The highest BCUT2D eigenvalue weighted by Crippen LogP contribution is 2.29. The fourth-order valence-electron chi connectivity index (χ4n) is 3.53. The number of nitrogens with one attached hydrogen (secondary N) is 2. The summed E-state index contributed by atoms with van der Waals surface area (Å²) in [5.74, 6) is -0.797. The largest absolute Gasteiger partial charge is 0.354 e. The van der Waals surface area contributed by atoms with E-state index < -0.39 is 15.4 Å². The molecule has 0 bridgehead atoms. The number of hydrogen-bond donors (Lipinski definition) is 2. The van der Waals surface area contributed by atoms with Gasteiger partial charge in [0, 0.05) is 13.0 Å². The number of rotatable bonds is 9. The van der Waals surface area contributed by atoms with E-state index in [-0.39, 0.29) is 28.9 Å². The maximum Gasteiger partial charge on any atom is 0.245 e. The summed E-state index contributed by atoms with van der Waals surface area (Å²) in [6.07, 6.45) is 5.72. The molecule has 1 aromatic carbocycles. The van der Waals surface area contributed by atoms with E-state index in [1.807, 2.05) is 6.92 Å². The van der Waals surface area contributed by atoms with E-state index in [1.54, 1.807) is 24.3 Å². The van der Waals surface area contributed by atoms with Gasteiger partial charge in [0.25, 0.3) is 0 Å². The maximum atomic E-state index is 12.7. The van der Waals surface area contributed by atoms with E-state index in [4.69, 9.17) is 0 Å². The number of carbonyl (C=O) groups excluding carboxylic acids is 2. The smallest absolute Gasteiger partial charge is 0.245 e. The van der Waals surface area contributed by atoms with Crippen LogP contribution in [0.15, 0.2) is 29.2 Å². The van der Waals surface area contributed by atoms with E-state index >= 15 is 0 Å². The van der Waals surface area contributed by atoms with Crippen molar-refractivity contribution >= 4 is 21.7 Å². The monoisotopic (exact) mass is 408 g/mol. The van der Waals surface area contributed by atoms with Crippen molar-refractivity contribution in [2.75, 3.05) is 12.3 Å². The summed E-state index contributed by atoms with van der Waals surface area (Å²) in [4.78, 5) is 25.5. The van der Waals surface area contributed by atoms with Crippen molar-refractivity contribution in [2.24, 2.45) is 0 Å². The van der Waals surface area contributed by atoms with Gasteiger partial charge >= 0.3 is 0 Å². The summed E-state index contributed by atoms with van der Waals surface area (Å²) in [6, 6.07) is 6.61. The highest BCUT2D eigenvalue weighted by molar-refractivity contribution is 7.91. The standard InChI is InChI=1S/C21H32N2O4S/c1-3-4-15-22-20(25)21(13-6-5-7-14-21)23-19(24)12-16-28(26,27)18-10-8-17(2)9-11-18/h8-11H,3-7,12-16H2,1-2H3,(H,22,25)(H,23,24). The van der Waals surface area contributed by atoms with Gasteiger partial charge in [-0.15, -0.1) is 0 Å². The molecule has 156 valence electrons. The number of amides is 2. The first-order valence-electron chi connectivity index (χ1n) is 10.2. The summed E-state index contributed by atoms with van der Waals surface area (Å²) in [5.41, 5.74) is 0.0708. The normalized spacial score (nSPS) is 16.4. The number of carbonyl (C=O) groups is 2. The molecule has 1 saturated carbocycles. The van der Waals surface area contributed by atoms with E-state index in [1.165, 1.54) is 0 Å². The third-order valence-electron chi connectivity index (χ3n) is 5.31. The molecule has 0 aromatic heterocycles. The average Bonchev–Trinajstić information content (AvgIpc) is 2.67. The lowest BCUT2D eigenvalue weighted by Crippen LogP contribution is -2.60. The second-order valence-corrected chi connectivity index (χ2v) is 9.79. The number of unbranched alkanes of at least 4 members (excludes halogenated alkanes) is 1. The Morgan fingerprint density at radius 1 is 1.07 bits per heavy atom. The van der Waals surface area contributed by atoms with Gasteiger partial charge in [-0.1, -0.05) is 50.3 Å². The van der Waals surface area contributed by atoms with E-state index in [0.29, 0.717) is 19.4 Å². The molecule has 0 unspecified atom stereocenters. The SMILES string of the molecule is CCCCNC(=O)C1(NC(=O)CCS(=O)(=O)c2ccc(C)cc2)CCCCC1. The second-order valence-electron chi connectivity index (χ2n) is 7.68. The Morgan fingerprint density at radius 3 is 2.32 bits per heavy atom. The van der Waals surface area contributed by atoms with Crippen molar-refractivity contribution in [1.29, 1.82) is 0 Å². The molecule has 0 atom stereocenters. The fraction of sp³-hybridized carbons (Fsp3) is 0.619. The number of aryl methyl sites for hydroxylation is 1. The van der Waals surface area contributed by atoms with Crippen LogP contribution in [0.1, 0.15) is 63.9 Å². The van der Waals surface area contributed by atoms with Crippen molar-refractivity contribution in [3.63, 3.8) is 0 Å². The summed E-state index contributed by atoms with van der Waals surface area (Å²) < 4.78 is 24.9. The maximum absolute atomic E-state index is 12.7. The van der Waals surface area contributed by atoms with Crippen LogP contribution in [-0.2, 0) is 19.4 Å². The summed E-state index contributed by atoms with van der Waals surface area (Å²) in [6.45, 7) is 4.53. The van der Waals surface area contributed by atoms with Gasteiger partial charge in [-0.3, -0.25) is 9.59 Å². The minimum atomic E-state index is -3.53. The van der Waals surface area contributed by atoms with Gasteiger partial charge in [0.15, 0.2) is 9.84 Å². The van der Waals surface area contributed by atoms with Crippen LogP contribution in [-0.4, -0.2) is 38.1 Å². The molecular formula is C21H32N2O4S.